The van der Waals surface area contributed by atoms with E-state index in [0.29, 0.717) is 10.6 Å². The smallest absolute Gasteiger partial charge is 0.183 e. The van der Waals surface area contributed by atoms with E-state index in [1.165, 1.54) is 0 Å². The Morgan fingerprint density at radius 3 is 2.00 bits per heavy atom. The van der Waals surface area contributed by atoms with E-state index in [-0.39, 0.29) is 11.8 Å². The lowest BCUT2D eigenvalue weighted by atomic mass is 9.65. The van der Waals surface area contributed by atoms with Crippen LogP contribution in [0.15, 0.2) is 47.4 Å². The molecule has 1 saturated carbocycles. The van der Waals surface area contributed by atoms with Crippen LogP contribution in [0.4, 0.5) is 0 Å². The summed E-state index contributed by atoms with van der Waals surface area (Å²) >= 11 is 6.79. The molecule has 26 heavy (non-hydrogen) atoms. The van der Waals surface area contributed by atoms with Crippen LogP contribution in [0.1, 0.15) is 35.8 Å². The zero-order valence-electron chi connectivity index (χ0n) is 14.7. The van der Waals surface area contributed by atoms with Crippen molar-refractivity contribution < 1.29 is 17.9 Å². The number of ether oxygens (including phenoxy) is 2. The van der Waals surface area contributed by atoms with Gasteiger partial charge in [0.15, 0.2) is 9.84 Å². The van der Waals surface area contributed by atoms with Crippen molar-refractivity contribution in [3.05, 3.63) is 53.6 Å². The molecule has 4 atom stereocenters. The minimum Gasteiger partial charge on any atom is -0.496 e. The zero-order chi connectivity index (χ0) is 18.5. The summed E-state index contributed by atoms with van der Waals surface area (Å²) in [6, 6.07) is 12.3. The Labute approximate surface area is 159 Å². The van der Waals surface area contributed by atoms with Crippen LogP contribution in [0.25, 0.3) is 0 Å². The first-order chi connectivity index (χ1) is 12.5. The number of alkyl halides is 1. The van der Waals surface area contributed by atoms with Crippen molar-refractivity contribution in [1.82, 2.24) is 0 Å². The van der Waals surface area contributed by atoms with Gasteiger partial charge in [-0.1, -0.05) is 18.2 Å². The summed E-state index contributed by atoms with van der Waals surface area (Å²) in [4.78, 5) is 0.326. The van der Waals surface area contributed by atoms with Gasteiger partial charge in [0, 0.05) is 23.0 Å². The lowest BCUT2D eigenvalue weighted by molar-refractivity contribution is 0.322. The van der Waals surface area contributed by atoms with Gasteiger partial charge in [-0.05, 0) is 37.1 Å². The number of methoxy groups -OCH3 is 2. The fraction of sp³-hybridized carbons (Fsp3) is 0.400. The molecular weight excluding hydrogens is 372 g/mol. The number of hydrogen-bond acceptors (Lipinski definition) is 4. The van der Waals surface area contributed by atoms with Gasteiger partial charge in [-0.2, -0.15) is 0 Å². The fourth-order valence-corrected chi connectivity index (χ4v) is 7.54. The van der Waals surface area contributed by atoms with Crippen LogP contribution in [0, 0.1) is 0 Å². The summed E-state index contributed by atoms with van der Waals surface area (Å²) in [6.45, 7) is 0. The first-order valence-corrected chi connectivity index (χ1v) is 10.7. The number of halogens is 1. The molecule has 2 unspecified atom stereocenters. The molecule has 4 nitrogen and oxygen atoms in total. The molecule has 3 aliphatic carbocycles. The van der Waals surface area contributed by atoms with Crippen molar-refractivity contribution in [3.8, 4) is 11.5 Å². The van der Waals surface area contributed by atoms with Crippen LogP contribution < -0.4 is 9.47 Å². The Bertz CT molecular complexity index is 926. The molecule has 6 heteroatoms. The third-order valence-electron chi connectivity index (χ3n) is 5.70. The van der Waals surface area contributed by atoms with Crippen LogP contribution >= 0.6 is 11.6 Å². The van der Waals surface area contributed by atoms with Gasteiger partial charge < -0.3 is 9.47 Å². The van der Waals surface area contributed by atoms with Crippen molar-refractivity contribution in [3.63, 3.8) is 0 Å². The van der Waals surface area contributed by atoms with Gasteiger partial charge in [-0.15, -0.1) is 11.6 Å². The molecule has 0 aliphatic heterocycles. The molecule has 0 amide bonds. The van der Waals surface area contributed by atoms with Crippen molar-refractivity contribution in [1.29, 1.82) is 0 Å². The monoisotopic (exact) mass is 392 g/mol. The molecule has 0 saturated heterocycles. The van der Waals surface area contributed by atoms with Crippen molar-refractivity contribution in [2.45, 2.75) is 40.2 Å². The molecule has 2 aromatic carbocycles. The normalized spacial score (nSPS) is 27.0. The van der Waals surface area contributed by atoms with Gasteiger partial charge in [0.05, 0.1) is 29.7 Å². The maximum atomic E-state index is 13.4. The van der Waals surface area contributed by atoms with E-state index in [4.69, 9.17) is 21.1 Å². The van der Waals surface area contributed by atoms with Crippen LogP contribution in [0.5, 0.6) is 11.5 Å². The first-order valence-electron chi connectivity index (χ1n) is 8.68. The largest absolute Gasteiger partial charge is 0.496 e. The molecule has 5 rings (SSSR count). The van der Waals surface area contributed by atoms with Crippen molar-refractivity contribution >= 4 is 21.4 Å². The molecule has 0 heterocycles. The van der Waals surface area contributed by atoms with E-state index >= 15 is 0 Å². The molecule has 2 bridgehead atoms. The van der Waals surface area contributed by atoms with Gasteiger partial charge in [0.25, 0.3) is 0 Å². The molecule has 0 aromatic heterocycles. The maximum absolute atomic E-state index is 13.4. The van der Waals surface area contributed by atoms with Gasteiger partial charge in [-0.3, -0.25) is 0 Å². The molecule has 3 aliphatic rings. The lowest BCUT2D eigenvalue weighted by Gasteiger charge is -2.47. The van der Waals surface area contributed by atoms with E-state index in [1.54, 1.807) is 38.5 Å². The number of benzene rings is 2. The van der Waals surface area contributed by atoms with Crippen LogP contribution in [0.2, 0.25) is 0 Å². The Kier molecular flexibility index (Phi) is 4.40. The second kappa shape index (κ2) is 6.46. The van der Waals surface area contributed by atoms with Crippen LogP contribution in [-0.4, -0.2) is 33.3 Å². The minimum absolute atomic E-state index is 0.0646. The van der Waals surface area contributed by atoms with E-state index in [9.17, 15) is 8.42 Å². The highest BCUT2D eigenvalue weighted by Crippen LogP contribution is 2.59. The first kappa shape index (κ1) is 17.7. The van der Waals surface area contributed by atoms with Gasteiger partial charge in [-0.25, -0.2) is 8.42 Å². The van der Waals surface area contributed by atoms with Crippen molar-refractivity contribution in [2.75, 3.05) is 14.2 Å². The quantitative estimate of drug-likeness (QED) is 0.734. The predicted molar refractivity (Wildman–Crippen MR) is 101 cm³/mol. The predicted octanol–water partition coefficient (Wildman–Crippen LogP) is 4.13. The standard InChI is InChI=1S/C20H21ClO4S/c1-24-15-10-11-16(25-2)18-14-9-8-13(17(15)18)19(21)20(14)26(22,23)12-6-4-3-5-7-12/h3-7,10-11,13-14,19-20H,8-9H2,1-2H3/t13?,14?,19-,20-/m1/s1. The molecular formula is C20H21ClO4S. The maximum Gasteiger partial charge on any atom is 0.183 e. The van der Waals surface area contributed by atoms with E-state index < -0.39 is 20.5 Å². The Balaban J connectivity index is 1.91. The topological polar surface area (TPSA) is 52.6 Å². The second-order valence-corrected chi connectivity index (χ2v) is 9.46. The molecule has 0 radical (unpaired) electrons. The third kappa shape index (κ3) is 2.44. The molecule has 138 valence electrons. The van der Waals surface area contributed by atoms with Crippen LogP contribution in [-0.2, 0) is 9.84 Å². The Morgan fingerprint density at radius 2 is 1.42 bits per heavy atom. The van der Waals surface area contributed by atoms with E-state index in [2.05, 4.69) is 0 Å². The van der Waals surface area contributed by atoms with Crippen molar-refractivity contribution in [2.24, 2.45) is 0 Å². The van der Waals surface area contributed by atoms with E-state index in [0.717, 1.165) is 29.7 Å². The number of rotatable bonds is 4. The number of fused-ring (bicyclic) bond motifs is 2. The van der Waals surface area contributed by atoms with Gasteiger partial charge >= 0.3 is 0 Å². The molecule has 0 N–H and O–H groups in total. The van der Waals surface area contributed by atoms with Gasteiger partial charge in [0.2, 0.25) is 0 Å². The fourth-order valence-electron chi connectivity index (χ4n) is 4.62. The number of hydrogen-bond donors (Lipinski definition) is 0. The zero-order valence-corrected chi connectivity index (χ0v) is 16.3. The SMILES string of the molecule is COc1ccc(OC)c2c1C1CCC2[C@@H](S(=O)(=O)c2ccccc2)[C@@H]1Cl. The highest BCUT2D eigenvalue weighted by molar-refractivity contribution is 7.92. The van der Waals surface area contributed by atoms with Crippen LogP contribution in [0.3, 0.4) is 0 Å². The second-order valence-electron chi connectivity index (χ2n) is 6.85. The average Bonchev–Trinajstić information content (AvgIpc) is 2.67. The minimum atomic E-state index is -3.56. The van der Waals surface area contributed by atoms with E-state index in [1.807, 2.05) is 18.2 Å². The highest BCUT2D eigenvalue weighted by Gasteiger charge is 2.54. The third-order valence-corrected chi connectivity index (χ3v) is 8.69. The summed E-state index contributed by atoms with van der Waals surface area (Å²) in [5.74, 6) is 1.21. The molecule has 0 spiro atoms. The highest BCUT2D eigenvalue weighted by atomic mass is 35.5. The Hall–Kier alpha value is -1.72. The summed E-state index contributed by atoms with van der Waals surface area (Å²) in [6.07, 6.45) is 1.64. The van der Waals surface area contributed by atoms with Gasteiger partial charge in [0.1, 0.15) is 11.5 Å². The summed E-state index contributed by atoms with van der Waals surface area (Å²) in [7, 11) is -0.313. The summed E-state index contributed by atoms with van der Waals surface area (Å²) in [5, 5.41) is -1.16. The summed E-state index contributed by atoms with van der Waals surface area (Å²) < 4.78 is 37.9. The Morgan fingerprint density at radius 1 is 0.885 bits per heavy atom. The summed E-state index contributed by atoms with van der Waals surface area (Å²) in [5.41, 5.74) is 1.96. The lowest BCUT2D eigenvalue weighted by Crippen LogP contribution is -2.47. The molecule has 2 aromatic rings. The number of sulfone groups is 1. The molecule has 1 fully saturated rings. The average molecular weight is 393 g/mol.